The van der Waals surface area contributed by atoms with Crippen molar-refractivity contribution in [2.45, 2.75) is 47.1 Å². The van der Waals surface area contributed by atoms with Crippen LogP contribution in [0, 0.1) is 0 Å². The highest BCUT2D eigenvalue weighted by atomic mass is 79.9. The van der Waals surface area contributed by atoms with E-state index in [1.807, 2.05) is 13.8 Å². The number of aromatic nitrogens is 1. The summed E-state index contributed by atoms with van der Waals surface area (Å²) in [4.78, 5) is 27.1. The van der Waals surface area contributed by atoms with Crippen molar-refractivity contribution >= 4 is 44.3 Å². The van der Waals surface area contributed by atoms with Crippen molar-refractivity contribution in [3.63, 3.8) is 0 Å². The van der Waals surface area contributed by atoms with E-state index in [4.69, 9.17) is 4.74 Å². The number of thiazole rings is 1. The molecule has 1 rings (SSSR count). The van der Waals surface area contributed by atoms with Gasteiger partial charge in [-0.3, -0.25) is 10.1 Å². The number of hydrogen-bond donors (Lipinski definition) is 1. The summed E-state index contributed by atoms with van der Waals surface area (Å²) in [5.41, 5.74) is -0.567. The number of rotatable bonds is 2. The predicted octanol–water partition coefficient (Wildman–Crippen LogP) is 4.48. The summed E-state index contributed by atoms with van der Waals surface area (Å²) in [6.07, 6.45) is -0.589. The van der Waals surface area contributed by atoms with Crippen molar-refractivity contribution in [3.05, 3.63) is 9.48 Å². The number of hydrogen-bond acceptors (Lipinski definition) is 5. The predicted molar refractivity (Wildman–Crippen MR) is 81.0 cm³/mol. The second-order valence-corrected chi connectivity index (χ2v) is 6.07. The Kier molecular flexibility index (Phi) is 7.21. The molecular weight excluding hydrogens is 332 g/mol. The topological polar surface area (TPSA) is 68.3 Å². The Morgan fingerprint density at radius 3 is 2.21 bits per heavy atom. The van der Waals surface area contributed by atoms with Gasteiger partial charge in [-0.05, 0) is 36.7 Å². The molecule has 5 nitrogen and oxygen atoms in total. The maximum absolute atomic E-state index is 11.5. The standard InChI is InChI=1S/C10H13BrN2O3S.C2H6/c1-5(14)6-7(11)12-8(17-6)13-9(15)16-10(2,3)4;1-2/h1-4H3,(H,12,13,15);1-2H3. The fourth-order valence-corrected chi connectivity index (χ4v) is 2.52. The number of ketones is 1. The van der Waals surface area contributed by atoms with Crippen molar-refractivity contribution in [1.29, 1.82) is 0 Å². The molecule has 1 amide bonds. The molecule has 7 heteroatoms. The molecule has 0 spiro atoms. The monoisotopic (exact) mass is 350 g/mol. The van der Waals surface area contributed by atoms with Gasteiger partial charge in [0.25, 0.3) is 0 Å². The minimum absolute atomic E-state index is 0.105. The van der Waals surface area contributed by atoms with Gasteiger partial charge in [-0.2, -0.15) is 0 Å². The Hall–Kier alpha value is -0.950. The molecule has 0 aliphatic rings. The summed E-state index contributed by atoms with van der Waals surface area (Å²) in [6.45, 7) is 10.7. The van der Waals surface area contributed by atoms with Crippen LogP contribution in [0.4, 0.5) is 9.93 Å². The summed E-state index contributed by atoms with van der Waals surface area (Å²) < 4.78 is 5.50. The highest BCUT2D eigenvalue weighted by Crippen LogP contribution is 2.27. The van der Waals surface area contributed by atoms with E-state index in [0.29, 0.717) is 14.6 Å². The molecule has 0 bridgehead atoms. The first-order chi connectivity index (χ1) is 8.69. The fraction of sp³-hybridized carbons (Fsp3) is 0.583. The Morgan fingerprint density at radius 2 is 1.84 bits per heavy atom. The van der Waals surface area contributed by atoms with Gasteiger partial charge in [-0.1, -0.05) is 25.2 Å². The summed E-state index contributed by atoms with van der Waals surface area (Å²) in [6, 6.07) is 0. The van der Waals surface area contributed by atoms with Crippen LogP contribution in [-0.2, 0) is 4.74 Å². The quantitative estimate of drug-likeness (QED) is 0.798. The van der Waals surface area contributed by atoms with E-state index in [2.05, 4.69) is 26.2 Å². The highest BCUT2D eigenvalue weighted by molar-refractivity contribution is 9.10. The van der Waals surface area contributed by atoms with Gasteiger partial charge in [0.1, 0.15) is 15.1 Å². The zero-order valence-corrected chi connectivity index (χ0v) is 14.4. The van der Waals surface area contributed by atoms with E-state index < -0.39 is 11.7 Å². The van der Waals surface area contributed by atoms with Crippen LogP contribution in [0.15, 0.2) is 4.60 Å². The number of Topliss-reactive ketones (excluding diaryl/α,β-unsaturated/α-hetero) is 1. The SMILES string of the molecule is CC.CC(=O)c1sc(NC(=O)OC(C)(C)C)nc1Br. The van der Waals surface area contributed by atoms with Crippen molar-refractivity contribution in [2.24, 2.45) is 0 Å². The summed E-state index contributed by atoms with van der Waals surface area (Å²) in [5, 5.41) is 2.81. The molecule has 108 valence electrons. The summed E-state index contributed by atoms with van der Waals surface area (Å²) in [5.74, 6) is -0.105. The minimum Gasteiger partial charge on any atom is -0.444 e. The molecule has 0 saturated carbocycles. The normalized spacial score (nSPS) is 10.3. The Balaban J connectivity index is 0.00000154. The number of amides is 1. The van der Waals surface area contributed by atoms with Crippen LogP contribution in [0.1, 0.15) is 51.2 Å². The van der Waals surface area contributed by atoms with Gasteiger partial charge in [0.05, 0.1) is 0 Å². The average Bonchev–Trinajstić information content (AvgIpc) is 2.59. The van der Waals surface area contributed by atoms with Gasteiger partial charge >= 0.3 is 6.09 Å². The van der Waals surface area contributed by atoms with E-state index in [0.717, 1.165) is 11.3 Å². The molecule has 1 aromatic rings. The van der Waals surface area contributed by atoms with Crippen LogP contribution in [-0.4, -0.2) is 22.5 Å². The summed E-state index contributed by atoms with van der Waals surface area (Å²) >= 11 is 4.26. The largest absolute Gasteiger partial charge is 0.444 e. The van der Waals surface area contributed by atoms with Crippen molar-refractivity contribution in [3.8, 4) is 0 Å². The molecule has 0 atom stereocenters. The van der Waals surface area contributed by atoms with Crippen LogP contribution < -0.4 is 5.32 Å². The third-order valence-electron chi connectivity index (χ3n) is 1.51. The first-order valence-corrected chi connectivity index (χ1v) is 7.47. The van der Waals surface area contributed by atoms with E-state index in [1.54, 1.807) is 20.8 Å². The third kappa shape index (κ3) is 6.68. The number of anilines is 1. The van der Waals surface area contributed by atoms with Crippen LogP contribution >= 0.6 is 27.3 Å². The number of nitrogens with zero attached hydrogens (tertiary/aromatic N) is 1. The lowest BCUT2D eigenvalue weighted by molar-refractivity contribution is 0.0635. The van der Waals surface area contributed by atoms with Gasteiger partial charge in [0.15, 0.2) is 10.9 Å². The first kappa shape index (κ1) is 18.0. The highest BCUT2D eigenvalue weighted by Gasteiger charge is 2.19. The molecule has 0 saturated heterocycles. The zero-order chi connectivity index (χ0) is 15.2. The molecule has 1 N–H and O–H groups in total. The summed E-state index contributed by atoms with van der Waals surface area (Å²) in [7, 11) is 0. The minimum atomic E-state index is -0.589. The van der Waals surface area contributed by atoms with Gasteiger partial charge in [0.2, 0.25) is 0 Å². The van der Waals surface area contributed by atoms with Crippen molar-refractivity contribution in [2.75, 3.05) is 5.32 Å². The second kappa shape index (κ2) is 7.59. The van der Waals surface area contributed by atoms with Crippen LogP contribution in [0.2, 0.25) is 0 Å². The smallest absolute Gasteiger partial charge is 0.413 e. The van der Waals surface area contributed by atoms with E-state index in [-0.39, 0.29) is 5.78 Å². The van der Waals surface area contributed by atoms with Gasteiger partial charge in [-0.15, -0.1) is 0 Å². The van der Waals surface area contributed by atoms with Crippen molar-refractivity contribution in [1.82, 2.24) is 4.98 Å². The molecule has 0 fully saturated rings. The van der Waals surface area contributed by atoms with E-state index in [1.165, 1.54) is 6.92 Å². The Labute approximate surface area is 125 Å². The number of ether oxygens (including phenoxy) is 1. The maximum atomic E-state index is 11.5. The van der Waals surface area contributed by atoms with E-state index in [9.17, 15) is 9.59 Å². The molecule has 0 aliphatic carbocycles. The van der Waals surface area contributed by atoms with Gasteiger partial charge in [0, 0.05) is 6.92 Å². The average molecular weight is 351 g/mol. The Bertz CT molecular complexity index is 452. The van der Waals surface area contributed by atoms with Gasteiger partial charge in [-0.25, -0.2) is 9.78 Å². The number of carbonyl (C=O) groups is 2. The fourth-order valence-electron chi connectivity index (χ4n) is 0.963. The molecule has 1 heterocycles. The van der Waals surface area contributed by atoms with Crippen LogP contribution in [0.5, 0.6) is 0 Å². The Morgan fingerprint density at radius 1 is 1.32 bits per heavy atom. The van der Waals surface area contributed by atoms with Crippen LogP contribution in [0.25, 0.3) is 0 Å². The number of carbonyl (C=O) groups excluding carboxylic acids is 2. The lowest BCUT2D eigenvalue weighted by atomic mass is 10.2. The van der Waals surface area contributed by atoms with Gasteiger partial charge < -0.3 is 4.74 Å². The first-order valence-electron chi connectivity index (χ1n) is 5.86. The molecule has 19 heavy (non-hydrogen) atoms. The lowest BCUT2D eigenvalue weighted by Crippen LogP contribution is -2.27. The molecular formula is C12H19BrN2O3S. The molecule has 0 radical (unpaired) electrons. The zero-order valence-electron chi connectivity index (χ0n) is 12.0. The molecule has 0 unspecified atom stereocenters. The molecule has 0 aliphatic heterocycles. The lowest BCUT2D eigenvalue weighted by Gasteiger charge is -2.18. The molecule has 1 aromatic heterocycles. The maximum Gasteiger partial charge on any atom is 0.413 e. The van der Waals surface area contributed by atoms with E-state index >= 15 is 0 Å². The van der Waals surface area contributed by atoms with Crippen molar-refractivity contribution < 1.29 is 14.3 Å². The molecule has 0 aromatic carbocycles. The van der Waals surface area contributed by atoms with Crippen LogP contribution in [0.3, 0.4) is 0 Å². The number of halogens is 1. The third-order valence-corrected chi connectivity index (χ3v) is 3.42. The number of nitrogens with one attached hydrogen (secondary N) is 1. The second-order valence-electron chi connectivity index (χ2n) is 4.32.